The van der Waals surface area contributed by atoms with E-state index in [0.717, 1.165) is 6.42 Å². The summed E-state index contributed by atoms with van der Waals surface area (Å²) >= 11 is 0. The highest BCUT2D eigenvalue weighted by Gasteiger charge is 2.34. The Labute approximate surface area is 123 Å². The second kappa shape index (κ2) is 7.40. The van der Waals surface area contributed by atoms with Crippen LogP contribution >= 0.6 is 0 Å². The largest absolute Gasteiger partial charge is 0.494 e. The van der Waals surface area contributed by atoms with Crippen molar-refractivity contribution >= 4 is 5.91 Å². The first-order valence-electron chi connectivity index (χ1n) is 7.21. The van der Waals surface area contributed by atoms with Crippen molar-refractivity contribution in [1.29, 1.82) is 0 Å². The standard InChI is InChI=1S/C15H22N2O4/c16-8-1-9-21-11-4-2-10(3-5-11)15(20)17-12-6-7-13(18)14(12)19/h2-5,12-14,18-19H,1,6-9,16H2,(H,17,20)/t12-,13-,14-/m1/s1. The molecule has 0 radical (unpaired) electrons. The van der Waals surface area contributed by atoms with Gasteiger partial charge in [0.15, 0.2) is 0 Å². The van der Waals surface area contributed by atoms with Gasteiger partial charge in [-0.1, -0.05) is 0 Å². The van der Waals surface area contributed by atoms with Crippen LogP contribution in [0.4, 0.5) is 0 Å². The van der Waals surface area contributed by atoms with E-state index >= 15 is 0 Å². The van der Waals surface area contributed by atoms with Crippen LogP contribution in [0.2, 0.25) is 0 Å². The van der Waals surface area contributed by atoms with Gasteiger partial charge in [-0.05, 0) is 50.1 Å². The van der Waals surface area contributed by atoms with Crippen LogP contribution in [0.5, 0.6) is 5.75 Å². The molecule has 21 heavy (non-hydrogen) atoms. The van der Waals surface area contributed by atoms with Crippen molar-refractivity contribution in [3.8, 4) is 5.75 Å². The van der Waals surface area contributed by atoms with Gasteiger partial charge in [0.1, 0.15) is 11.9 Å². The number of hydrogen-bond acceptors (Lipinski definition) is 5. The second-order valence-corrected chi connectivity index (χ2v) is 5.23. The van der Waals surface area contributed by atoms with Crippen molar-refractivity contribution in [2.45, 2.75) is 37.5 Å². The molecule has 0 spiro atoms. The van der Waals surface area contributed by atoms with Crippen molar-refractivity contribution in [3.05, 3.63) is 29.8 Å². The number of aliphatic hydroxyl groups excluding tert-OH is 2. The third-order valence-electron chi connectivity index (χ3n) is 3.63. The van der Waals surface area contributed by atoms with Gasteiger partial charge in [-0.3, -0.25) is 4.79 Å². The minimum Gasteiger partial charge on any atom is -0.494 e. The molecule has 1 aliphatic rings. The van der Waals surface area contributed by atoms with Gasteiger partial charge >= 0.3 is 0 Å². The van der Waals surface area contributed by atoms with Crippen molar-refractivity contribution in [1.82, 2.24) is 5.32 Å². The van der Waals surface area contributed by atoms with Gasteiger partial charge in [-0.15, -0.1) is 0 Å². The molecule has 1 aliphatic carbocycles. The van der Waals surface area contributed by atoms with Crippen LogP contribution in [0.25, 0.3) is 0 Å². The summed E-state index contributed by atoms with van der Waals surface area (Å²) in [7, 11) is 0. The molecule has 2 rings (SSSR count). The summed E-state index contributed by atoms with van der Waals surface area (Å²) in [6.07, 6.45) is 0.208. The Kier molecular flexibility index (Phi) is 5.55. The van der Waals surface area contributed by atoms with Gasteiger partial charge in [0.2, 0.25) is 0 Å². The number of aliphatic hydroxyl groups is 2. The fourth-order valence-electron chi connectivity index (χ4n) is 2.35. The number of benzene rings is 1. The van der Waals surface area contributed by atoms with E-state index in [0.29, 0.717) is 37.3 Å². The summed E-state index contributed by atoms with van der Waals surface area (Å²) in [6.45, 7) is 1.13. The molecule has 6 nitrogen and oxygen atoms in total. The molecule has 5 N–H and O–H groups in total. The van der Waals surface area contributed by atoms with E-state index < -0.39 is 18.2 Å². The molecule has 3 atom stereocenters. The lowest BCUT2D eigenvalue weighted by Gasteiger charge is -2.18. The summed E-state index contributed by atoms with van der Waals surface area (Å²) in [5.41, 5.74) is 5.88. The Bertz CT molecular complexity index is 463. The molecule has 1 amide bonds. The maximum Gasteiger partial charge on any atom is 0.251 e. The first-order valence-corrected chi connectivity index (χ1v) is 7.21. The van der Waals surface area contributed by atoms with E-state index in [9.17, 15) is 15.0 Å². The van der Waals surface area contributed by atoms with Crippen molar-refractivity contribution < 1.29 is 19.7 Å². The number of rotatable bonds is 6. The van der Waals surface area contributed by atoms with E-state index in [4.69, 9.17) is 10.5 Å². The maximum absolute atomic E-state index is 12.1. The van der Waals surface area contributed by atoms with E-state index in [1.807, 2.05) is 0 Å². The monoisotopic (exact) mass is 294 g/mol. The Morgan fingerprint density at radius 1 is 1.29 bits per heavy atom. The van der Waals surface area contributed by atoms with Crippen LogP contribution in [0.1, 0.15) is 29.6 Å². The van der Waals surface area contributed by atoms with Crippen LogP contribution in [-0.4, -0.2) is 47.5 Å². The van der Waals surface area contributed by atoms with E-state index in [2.05, 4.69) is 5.32 Å². The van der Waals surface area contributed by atoms with E-state index in [1.54, 1.807) is 24.3 Å². The van der Waals surface area contributed by atoms with Crippen LogP contribution < -0.4 is 15.8 Å². The Morgan fingerprint density at radius 3 is 2.57 bits per heavy atom. The molecule has 0 aromatic heterocycles. The quantitative estimate of drug-likeness (QED) is 0.554. The number of carbonyl (C=O) groups is 1. The molecule has 1 aromatic rings. The van der Waals surface area contributed by atoms with Gasteiger partial charge < -0.3 is 26.0 Å². The summed E-state index contributed by atoms with van der Waals surface area (Å²) < 4.78 is 5.46. The van der Waals surface area contributed by atoms with Crippen LogP contribution in [0.3, 0.4) is 0 Å². The minimum atomic E-state index is -0.896. The zero-order valence-corrected chi connectivity index (χ0v) is 11.9. The van der Waals surface area contributed by atoms with E-state index in [-0.39, 0.29) is 5.91 Å². The Hall–Kier alpha value is -1.63. The van der Waals surface area contributed by atoms with Gasteiger partial charge in [-0.25, -0.2) is 0 Å². The number of nitrogens with one attached hydrogen (secondary N) is 1. The van der Waals surface area contributed by atoms with Crippen LogP contribution in [0.15, 0.2) is 24.3 Å². The third-order valence-corrected chi connectivity index (χ3v) is 3.63. The zero-order valence-electron chi connectivity index (χ0n) is 11.9. The van der Waals surface area contributed by atoms with Gasteiger partial charge in [0.25, 0.3) is 5.91 Å². The Morgan fingerprint density at radius 2 is 2.00 bits per heavy atom. The molecule has 0 heterocycles. The fraction of sp³-hybridized carbons (Fsp3) is 0.533. The van der Waals surface area contributed by atoms with Crippen LogP contribution in [-0.2, 0) is 0 Å². The lowest BCUT2D eigenvalue weighted by molar-refractivity contribution is 0.0296. The normalized spacial score (nSPS) is 24.8. The summed E-state index contributed by atoms with van der Waals surface area (Å²) in [4.78, 5) is 12.1. The molecule has 0 saturated heterocycles. The van der Waals surface area contributed by atoms with Gasteiger partial charge in [-0.2, -0.15) is 0 Å². The second-order valence-electron chi connectivity index (χ2n) is 5.23. The molecular formula is C15H22N2O4. The Balaban J connectivity index is 1.88. The molecule has 6 heteroatoms. The van der Waals surface area contributed by atoms with Gasteiger partial charge in [0, 0.05) is 5.56 Å². The average molecular weight is 294 g/mol. The topological polar surface area (TPSA) is 105 Å². The smallest absolute Gasteiger partial charge is 0.251 e. The number of carbonyl (C=O) groups excluding carboxylic acids is 1. The summed E-state index contributed by atoms with van der Waals surface area (Å²) in [5.74, 6) is 0.429. The average Bonchev–Trinajstić information content (AvgIpc) is 2.80. The predicted octanol–water partition coefficient (Wildman–Crippen LogP) is 0.0282. The number of ether oxygens (including phenoxy) is 1. The summed E-state index contributed by atoms with van der Waals surface area (Å²) in [6, 6.07) is 6.40. The van der Waals surface area contributed by atoms with Crippen molar-refractivity contribution in [3.63, 3.8) is 0 Å². The number of hydrogen-bond donors (Lipinski definition) is 4. The van der Waals surface area contributed by atoms with Crippen LogP contribution in [0, 0.1) is 0 Å². The molecule has 116 valence electrons. The molecular weight excluding hydrogens is 272 g/mol. The molecule has 1 aromatic carbocycles. The minimum absolute atomic E-state index is 0.262. The third kappa shape index (κ3) is 4.17. The molecule has 0 bridgehead atoms. The zero-order chi connectivity index (χ0) is 15.2. The highest BCUT2D eigenvalue weighted by atomic mass is 16.5. The SMILES string of the molecule is NCCCOc1ccc(C(=O)N[C@@H]2CC[C@@H](O)[C@@H]2O)cc1. The highest BCUT2D eigenvalue weighted by molar-refractivity contribution is 5.94. The maximum atomic E-state index is 12.1. The first-order chi connectivity index (χ1) is 10.1. The molecule has 0 aliphatic heterocycles. The summed E-state index contributed by atoms with van der Waals surface area (Å²) in [5, 5.41) is 21.9. The lowest BCUT2D eigenvalue weighted by Crippen LogP contribution is -2.42. The number of nitrogens with two attached hydrogens (primary N) is 1. The molecule has 1 saturated carbocycles. The fourth-order valence-corrected chi connectivity index (χ4v) is 2.35. The van der Waals surface area contributed by atoms with Gasteiger partial charge in [0.05, 0.1) is 18.8 Å². The number of amides is 1. The highest BCUT2D eigenvalue weighted by Crippen LogP contribution is 2.20. The first kappa shape index (κ1) is 15.8. The predicted molar refractivity (Wildman–Crippen MR) is 78.1 cm³/mol. The van der Waals surface area contributed by atoms with Crippen molar-refractivity contribution in [2.75, 3.05) is 13.2 Å². The lowest BCUT2D eigenvalue weighted by atomic mass is 10.1. The molecule has 1 fully saturated rings. The van der Waals surface area contributed by atoms with E-state index in [1.165, 1.54) is 0 Å². The van der Waals surface area contributed by atoms with Crippen molar-refractivity contribution in [2.24, 2.45) is 5.73 Å². The molecule has 0 unspecified atom stereocenters.